The van der Waals surface area contributed by atoms with Gasteiger partial charge >= 0.3 is 5.97 Å². The molecule has 0 bridgehead atoms. The highest BCUT2D eigenvalue weighted by molar-refractivity contribution is 5.99. The highest BCUT2D eigenvalue weighted by Crippen LogP contribution is 2.30. The van der Waals surface area contributed by atoms with Gasteiger partial charge < -0.3 is 44.8 Å². The van der Waals surface area contributed by atoms with Gasteiger partial charge in [-0.15, -0.1) is 0 Å². The maximum atomic E-state index is 14.5. The van der Waals surface area contributed by atoms with Crippen LogP contribution in [0.15, 0.2) is 84.0 Å². The number of Topliss-reactive ketones (excluding diaryl/α,β-unsaturated/α-hetero) is 1. The van der Waals surface area contributed by atoms with Crippen LogP contribution in [0.2, 0.25) is 0 Å². The third kappa shape index (κ3) is 16.4. The van der Waals surface area contributed by atoms with Crippen LogP contribution in [0.4, 0.5) is 0 Å². The molecule has 4 amide bonds. The zero-order chi connectivity index (χ0) is 49.3. The van der Waals surface area contributed by atoms with E-state index in [2.05, 4.69) is 26.4 Å². The Bertz CT molecular complexity index is 2190. The fourth-order valence-corrected chi connectivity index (χ4v) is 8.35. The molecule has 2 heterocycles. The lowest BCUT2D eigenvalue weighted by atomic mass is 9.93. The van der Waals surface area contributed by atoms with Crippen molar-refractivity contribution in [2.24, 2.45) is 17.0 Å². The molecule has 3 aromatic rings. The number of hydrogen-bond donors (Lipinski definition) is 4. The number of ether oxygens (including phenoxy) is 3. The Morgan fingerprint density at radius 2 is 1.32 bits per heavy atom. The Morgan fingerprint density at radius 3 is 1.93 bits per heavy atom. The second-order valence-electron chi connectivity index (χ2n) is 19.0. The van der Waals surface area contributed by atoms with Crippen molar-refractivity contribution < 1.29 is 52.3 Å². The van der Waals surface area contributed by atoms with Crippen molar-refractivity contribution in [3.05, 3.63) is 101 Å². The van der Waals surface area contributed by atoms with E-state index in [1.165, 1.54) is 13.3 Å². The summed E-state index contributed by atoms with van der Waals surface area (Å²) in [4.78, 5) is 88.0. The molecule has 0 saturated carbocycles. The molecule has 0 aliphatic carbocycles. The van der Waals surface area contributed by atoms with Crippen LogP contribution < -0.4 is 26.0 Å². The topological polar surface area (TPSA) is 203 Å². The van der Waals surface area contributed by atoms with Gasteiger partial charge in [-0.3, -0.25) is 28.8 Å². The Kier molecular flexibility index (Phi) is 19.8. The van der Waals surface area contributed by atoms with Crippen molar-refractivity contribution in [1.29, 1.82) is 0 Å². The smallest absolute Gasteiger partial charge is 0.310 e. The second-order valence-corrected chi connectivity index (χ2v) is 19.0. The molecule has 16 heteroatoms. The first kappa shape index (κ1) is 53.0. The zero-order valence-corrected chi connectivity index (χ0v) is 40.7. The Balaban J connectivity index is 1.37. The minimum Gasteiger partial charge on any atom is -0.426 e. The molecule has 4 N–H and O–H groups in total. The molecule has 2 saturated heterocycles. The number of morpholine rings is 1. The van der Waals surface area contributed by atoms with E-state index < -0.39 is 53.5 Å². The fourth-order valence-electron chi connectivity index (χ4n) is 8.35. The van der Waals surface area contributed by atoms with Gasteiger partial charge in [0.2, 0.25) is 17.7 Å². The molecule has 2 fully saturated rings. The molecule has 368 valence electrons. The summed E-state index contributed by atoms with van der Waals surface area (Å²) < 4.78 is 17.1. The van der Waals surface area contributed by atoms with E-state index in [1.54, 1.807) is 19.9 Å². The van der Waals surface area contributed by atoms with Crippen molar-refractivity contribution >= 4 is 41.6 Å². The zero-order valence-electron chi connectivity index (χ0n) is 40.7. The summed E-state index contributed by atoms with van der Waals surface area (Å²) in [5.41, 5.74) is 2.20. The number of aryl methyl sites for hydroxylation is 1. The number of amides is 4. The molecule has 5 rings (SSSR count). The van der Waals surface area contributed by atoms with Crippen LogP contribution in [0.5, 0.6) is 5.75 Å². The predicted molar refractivity (Wildman–Crippen MR) is 257 cm³/mol. The van der Waals surface area contributed by atoms with E-state index in [-0.39, 0.29) is 62.4 Å². The molecular formula is C52H71N6O10+. The first-order valence-electron chi connectivity index (χ1n) is 23.8. The van der Waals surface area contributed by atoms with Gasteiger partial charge in [0.25, 0.3) is 5.91 Å². The third-order valence-electron chi connectivity index (χ3n) is 12.2. The lowest BCUT2D eigenvalue weighted by molar-refractivity contribution is -0.940. The van der Waals surface area contributed by atoms with E-state index in [4.69, 9.17) is 19.0 Å². The summed E-state index contributed by atoms with van der Waals surface area (Å²) in [7, 11) is 1.42. The lowest BCUT2D eigenvalue weighted by Gasteiger charge is -2.41. The number of carbonyl (C=O) groups excluding carboxylic acids is 6. The molecule has 0 spiro atoms. The number of hydrogen-bond acceptors (Lipinski definition) is 11. The summed E-state index contributed by atoms with van der Waals surface area (Å²) in [6.45, 7) is 13.9. The highest BCUT2D eigenvalue weighted by Gasteiger charge is 2.50. The lowest BCUT2D eigenvalue weighted by Crippen LogP contribution is -2.61. The maximum Gasteiger partial charge on any atom is 0.310 e. The SMILES string of the molecule is CCC(=O)Oc1ccc(C[N+]2(CC(=O)N[C@@H](CCc3ccccc3)C(=O)N[C@@H](CC(C)C)C(=O)N[C@@H](Cc3ccccc3)C(=O)NC(CC(C)C)C(=O)[C@@]3(C)CO3)CCOCC2)cc1/C=N/OC. The summed E-state index contributed by atoms with van der Waals surface area (Å²) in [6.07, 6.45) is 3.14. The molecule has 3 aromatic carbocycles. The molecule has 5 atom stereocenters. The normalized spacial score (nSPS) is 18.2. The van der Waals surface area contributed by atoms with Gasteiger partial charge in [-0.2, -0.15) is 0 Å². The van der Waals surface area contributed by atoms with Crippen LogP contribution in [0.3, 0.4) is 0 Å². The molecule has 1 unspecified atom stereocenters. The Labute approximate surface area is 400 Å². The van der Waals surface area contributed by atoms with Crippen molar-refractivity contribution in [3.63, 3.8) is 0 Å². The van der Waals surface area contributed by atoms with E-state index >= 15 is 0 Å². The van der Waals surface area contributed by atoms with Gasteiger partial charge in [0.15, 0.2) is 12.3 Å². The number of nitrogens with one attached hydrogen (secondary N) is 4. The van der Waals surface area contributed by atoms with Gasteiger partial charge in [-0.1, -0.05) is 100 Å². The minimum atomic E-state index is -1.08. The predicted octanol–water partition coefficient (Wildman–Crippen LogP) is 4.59. The standard InChI is InChI=1S/C52H70N6O10/c1-8-47(60)68-45-22-20-39(29-40(45)31-53-65-7)32-58(23-25-66-26-24-58)33-46(59)54-41(21-19-37-15-11-9-12-16-37)49(62)56-43(28-36(4)5)50(63)57-44(30-38-17-13-10-14-18-38)51(64)55-42(27-35(2)3)48(61)52(6)34-67-52/h9-18,20,22,29,31,35-36,41-44H,8,19,21,23-28,30,32-34H2,1-7H3,(H3-,54,55,56,57,59,62,63,64)/p+1/b53-31+/t41-,42?,43-,44-,52+/m0/s1. The number of oxime groups is 1. The molecular weight excluding hydrogens is 869 g/mol. The van der Waals surface area contributed by atoms with Crippen molar-refractivity contribution in [2.45, 2.75) is 116 Å². The van der Waals surface area contributed by atoms with Gasteiger partial charge in [0.05, 0.1) is 32.1 Å². The molecule has 2 aliphatic rings. The van der Waals surface area contributed by atoms with Crippen LogP contribution >= 0.6 is 0 Å². The van der Waals surface area contributed by atoms with Gasteiger partial charge in [0.1, 0.15) is 56.2 Å². The fraction of sp³-hybridized carbons (Fsp3) is 0.519. The number of esters is 1. The quantitative estimate of drug-likeness (QED) is 0.0220. The summed E-state index contributed by atoms with van der Waals surface area (Å²) >= 11 is 0. The van der Waals surface area contributed by atoms with Gasteiger partial charge in [0, 0.05) is 24.0 Å². The van der Waals surface area contributed by atoms with Crippen LogP contribution in [-0.2, 0) is 62.5 Å². The minimum absolute atomic E-state index is 0.0321. The molecule has 0 aromatic heterocycles. The maximum absolute atomic E-state index is 14.5. The van der Waals surface area contributed by atoms with Crippen LogP contribution in [0.1, 0.15) is 89.5 Å². The molecule has 2 aliphatic heterocycles. The number of ketones is 1. The molecule has 68 heavy (non-hydrogen) atoms. The van der Waals surface area contributed by atoms with Crippen molar-refractivity contribution in [1.82, 2.24) is 21.3 Å². The number of quaternary nitrogens is 1. The summed E-state index contributed by atoms with van der Waals surface area (Å²) in [5.74, 6) is -2.21. The van der Waals surface area contributed by atoms with Gasteiger partial charge in [-0.05, 0) is 73.8 Å². The second kappa shape index (κ2) is 25.4. The van der Waals surface area contributed by atoms with Crippen molar-refractivity contribution in [3.8, 4) is 5.75 Å². The Morgan fingerprint density at radius 1 is 0.750 bits per heavy atom. The van der Waals surface area contributed by atoms with E-state index in [1.807, 2.05) is 100 Å². The van der Waals surface area contributed by atoms with Crippen LogP contribution in [0, 0.1) is 11.8 Å². The van der Waals surface area contributed by atoms with Crippen LogP contribution in [0.25, 0.3) is 0 Å². The number of epoxide rings is 1. The summed E-state index contributed by atoms with van der Waals surface area (Å²) in [5, 5.41) is 15.7. The monoisotopic (exact) mass is 940 g/mol. The molecule has 0 radical (unpaired) electrons. The van der Waals surface area contributed by atoms with E-state index in [0.29, 0.717) is 61.5 Å². The molecule has 16 nitrogen and oxygen atoms in total. The average Bonchev–Trinajstić information content (AvgIpc) is 4.07. The highest BCUT2D eigenvalue weighted by atomic mass is 16.6. The third-order valence-corrected chi connectivity index (χ3v) is 12.2. The van der Waals surface area contributed by atoms with E-state index in [9.17, 15) is 28.8 Å². The number of benzene rings is 3. The number of carbonyl (C=O) groups is 6. The summed E-state index contributed by atoms with van der Waals surface area (Å²) in [6, 6.07) is 20.3. The number of rotatable bonds is 26. The largest absolute Gasteiger partial charge is 0.426 e. The first-order chi connectivity index (χ1) is 32.5. The van der Waals surface area contributed by atoms with Crippen LogP contribution in [-0.4, -0.2) is 122 Å². The average molecular weight is 940 g/mol. The van der Waals surface area contributed by atoms with Crippen molar-refractivity contribution in [2.75, 3.05) is 46.6 Å². The Hall–Kier alpha value is -5.97. The number of nitrogens with zero attached hydrogens (tertiary/aromatic N) is 2. The van der Waals surface area contributed by atoms with Gasteiger partial charge in [-0.25, -0.2) is 0 Å². The first-order valence-corrected chi connectivity index (χ1v) is 23.8. The van der Waals surface area contributed by atoms with E-state index in [0.717, 1.165) is 16.7 Å².